The van der Waals surface area contributed by atoms with E-state index in [4.69, 9.17) is 9.90 Å². The normalized spacial score (nSPS) is 10.9. The highest BCUT2D eigenvalue weighted by Gasteiger charge is 2.38. The van der Waals surface area contributed by atoms with E-state index in [1.165, 1.54) is 0 Å². The lowest BCUT2D eigenvalue weighted by Gasteiger charge is -2.06. The van der Waals surface area contributed by atoms with E-state index in [-0.39, 0.29) is 0 Å². The van der Waals surface area contributed by atoms with E-state index < -0.39 is 24.0 Å². The van der Waals surface area contributed by atoms with Crippen molar-refractivity contribution in [3.8, 4) is 0 Å². The zero-order valence-corrected chi connectivity index (χ0v) is 16.5. The number of nitrogens with zero attached hydrogens (tertiary/aromatic N) is 4. The van der Waals surface area contributed by atoms with Crippen molar-refractivity contribution < 1.29 is 32.7 Å². The van der Waals surface area contributed by atoms with Crippen LogP contribution in [0.25, 0.3) is 5.65 Å². The van der Waals surface area contributed by atoms with Gasteiger partial charge in [-0.2, -0.15) is 13.2 Å². The summed E-state index contributed by atoms with van der Waals surface area (Å²) in [5, 5.41) is 12.3. The molecule has 2 amide bonds. The van der Waals surface area contributed by atoms with Gasteiger partial charge in [0.2, 0.25) is 0 Å². The molecule has 0 spiro atoms. The highest BCUT2D eigenvalue weighted by molar-refractivity contribution is 6.39. The van der Waals surface area contributed by atoms with Crippen LogP contribution in [-0.2, 0) is 27.9 Å². The number of aromatic nitrogens is 4. The molecule has 31 heavy (non-hydrogen) atoms. The molecule has 0 aromatic carbocycles. The summed E-state index contributed by atoms with van der Waals surface area (Å²) in [5.74, 6) is -4.14. The summed E-state index contributed by atoms with van der Waals surface area (Å²) in [7, 11) is 1.88. The third kappa shape index (κ3) is 7.13. The molecule has 0 aliphatic carbocycles. The number of imidazole rings is 2. The molecule has 0 aliphatic heterocycles. The van der Waals surface area contributed by atoms with Crippen LogP contribution in [0.1, 0.15) is 11.4 Å². The number of hydrogen-bond donors (Lipinski definition) is 3. The van der Waals surface area contributed by atoms with Crippen LogP contribution < -0.4 is 10.6 Å². The summed E-state index contributed by atoms with van der Waals surface area (Å²) in [4.78, 5) is 41.1. The Morgan fingerprint density at radius 2 is 1.87 bits per heavy atom. The predicted octanol–water partition coefficient (Wildman–Crippen LogP) is 1.31. The number of carboxylic acid groups (broad SMARTS) is 1. The number of halogens is 3. The van der Waals surface area contributed by atoms with E-state index in [1.54, 1.807) is 24.7 Å². The number of amides is 2. The lowest BCUT2D eigenvalue weighted by Crippen LogP contribution is -2.36. The molecule has 3 rings (SSSR count). The molecule has 3 heterocycles. The molecule has 3 N–H and O–H groups in total. The smallest absolute Gasteiger partial charge is 0.475 e. The lowest BCUT2D eigenvalue weighted by molar-refractivity contribution is -0.192. The van der Waals surface area contributed by atoms with Gasteiger partial charge in [-0.25, -0.2) is 14.8 Å². The minimum atomic E-state index is -5.08. The van der Waals surface area contributed by atoms with Crippen molar-refractivity contribution in [2.24, 2.45) is 7.05 Å². The number of nitrogens with one attached hydrogen (secondary N) is 2. The van der Waals surface area contributed by atoms with Crippen molar-refractivity contribution in [1.29, 1.82) is 0 Å². The largest absolute Gasteiger partial charge is 0.490 e. The molecule has 166 valence electrons. The Balaban J connectivity index is 0.000000423. The average molecular weight is 440 g/mol. The first-order valence-electron chi connectivity index (χ1n) is 8.77. The average Bonchev–Trinajstić information content (AvgIpc) is 3.25. The molecule has 3 aromatic rings. The minimum absolute atomic E-state index is 0.349. The maximum absolute atomic E-state index is 11.9. The van der Waals surface area contributed by atoms with Gasteiger partial charge in [0.05, 0.1) is 17.7 Å². The highest BCUT2D eigenvalue weighted by atomic mass is 19.4. The Bertz CT molecular complexity index is 1090. The van der Waals surface area contributed by atoms with E-state index in [2.05, 4.69) is 20.6 Å². The number of fused-ring (bicyclic) bond motifs is 1. The van der Waals surface area contributed by atoms with Crippen molar-refractivity contribution in [1.82, 2.24) is 24.3 Å². The van der Waals surface area contributed by atoms with Gasteiger partial charge in [0.25, 0.3) is 0 Å². The van der Waals surface area contributed by atoms with E-state index >= 15 is 0 Å². The van der Waals surface area contributed by atoms with Gasteiger partial charge in [-0.3, -0.25) is 9.59 Å². The lowest BCUT2D eigenvalue weighted by atomic mass is 10.3. The van der Waals surface area contributed by atoms with Crippen LogP contribution in [0.2, 0.25) is 0 Å². The number of alkyl halides is 3. The van der Waals surface area contributed by atoms with Crippen LogP contribution in [0, 0.1) is 6.92 Å². The second-order valence-electron chi connectivity index (χ2n) is 6.36. The van der Waals surface area contributed by atoms with E-state index in [9.17, 15) is 22.8 Å². The van der Waals surface area contributed by atoms with Gasteiger partial charge in [0, 0.05) is 50.4 Å². The van der Waals surface area contributed by atoms with Crippen LogP contribution in [0.4, 0.5) is 18.9 Å². The van der Waals surface area contributed by atoms with E-state index in [1.807, 2.05) is 35.3 Å². The van der Waals surface area contributed by atoms with E-state index in [0.717, 1.165) is 11.4 Å². The quantitative estimate of drug-likeness (QED) is 0.525. The predicted molar refractivity (Wildman–Crippen MR) is 102 cm³/mol. The van der Waals surface area contributed by atoms with Crippen LogP contribution in [0.5, 0.6) is 0 Å². The molecule has 3 aromatic heterocycles. The zero-order chi connectivity index (χ0) is 23.2. The second-order valence-corrected chi connectivity index (χ2v) is 6.36. The summed E-state index contributed by atoms with van der Waals surface area (Å²) in [6, 6.07) is 3.43. The van der Waals surface area contributed by atoms with Crippen molar-refractivity contribution >= 4 is 29.1 Å². The number of pyridine rings is 1. The maximum atomic E-state index is 11.9. The fourth-order valence-electron chi connectivity index (χ4n) is 2.35. The Hall–Kier alpha value is -3.90. The zero-order valence-electron chi connectivity index (χ0n) is 16.5. The van der Waals surface area contributed by atoms with Crippen LogP contribution in [0.15, 0.2) is 37.1 Å². The molecule has 0 saturated carbocycles. The molecule has 10 nitrogen and oxygen atoms in total. The topological polar surface area (TPSA) is 131 Å². The first-order chi connectivity index (χ1) is 14.5. The van der Waals surface area contributed by atoms with Gasteiger partial charge in [0.1, 0.15) is 5.65 Å². The Kier molecular flexibility index (Phi) is 7.34. The number of carboxylic acids is 1. The van der Waals surface area contributed by atoms with Gasteiger partial charge in [-0.15, -0.1) is 0 Å². The number of hydrogen-bond acceptors (Lipinski definition) is 5. The third-order valence-electron chi connectivity index (χ3n) is 3.71. The van der Waals surface area contributed by atoms with Gasteiger partial charge in [-0.05, 0) is 13.0 Å². The number of rotatable bonds is 4. The van der Waals surface area contributed by atoms with Crippen LogP contribution >= 0.6 is 0 Å². The summed E-state index contributed by atoms with van der Waals surface area (Å²) in [5.41, 5.74) is 2.97. The van der Waals surface area contributed by atoms with Gasteiger partial charge in [-0.1, -0.05) is 0 Å². The Morgan fingerprint density at radius 1 is 1.19 bits per heavy atom. The van der Waals surface area contributed by atoms with Crippen molar-refractivity contribution in [2.75, 3.05) is 11.9 Å². The fourth-order valence-corrected chi connectivity index (χ4v) is 2.35. The summed E-state index contributed by atoms with van der Waals surface area (Å²) < 4.78 is 35.4. The number of carbonyl (C=O) groups excluding carboxylic acids is 2. The molecule has 13 heteroatoms. The molecule has 0 fully saturated rings. The fraction of sp³-hybridized carbons (Fsp3) is 0.278. The standard InChI is InChI=1S/C16H18N6O2.C2HF3O2/c1-11-8-22-6-4-12(7-14(22)19-11)20-16(24)15(23)17-5-3-13-9-21(2)10-18-13;3-2(4,5)1(6)7/h4,6-10H,3,5H2,1-2H3,(H,17,23)(H,20,24);(H,6,7). The van der Waals surface area contributed by atoms with E-state index in [0.29, 0.717) is 24.3 Å². The Morgan fingerprint density at radius 3 is 2.45 bits per heavy atom. The van der Waals surface area contributed by atoms with Crippen molar-refractivity contribution in [2.45, 2.75) is 19.5 Å². The minimum Gasteiger partial charge on any atom is -0.475 e. The van der Waals surface area contributed by atoms with Gasteiger partial charge < -0.3 is 24.7 Å². The SMILES string of the molecule is Cc1cn2ccc(NC(=O)C(=O)NCCc3cn(C)cn3)cc2n1.O=C(O)C(F)(F)F. The first kappa shape index (κ1) is 23.4. The van der Waals surface area contributed by atoms with Crippen molar-refractivity contribution in [3.63, 3.8) is 0 Å². The molecular weight excluding hydrogens is 421 g/mol. The summed E-state index contributed by atoms with van der Waals surface area (Å²) in [6.45, 7) is 2.24. The molecule has 0 saturated heterocycles. The summed E-state index contributed by atoms with van der Waals surface area (Å²) in [6.07, 6.45) is 2.71. The molecule has 0 aliphatic rings. The number of aliphatic carboxylic acids is 1. The van der Waals surface area contributed by atoms with Crippen LogP contribution in [-0.4, -0.2) is 54.5 Å². The van der Waals surface area contributed by atoms with Gasteiger partial charge >= 0.3 is 24.0 Å². The number of aryl methyl sites for hydroxylation is 2. The summed E-state index contributed by atoms with van der Waals surface area (Å²) >= 11 is 0. The van der Waals surface area contributed by atoms with Crippen LogP contribution in [0.3, 0.4) is 0 Å². The Labute approximate surface area is 173 Å². The first-order valence-corrected chi connectivity index (χ1v) is 8.77. The van der Waals surface area contributed by atoms with Gasteiger partial charge in [0.15, 0.2) is 0 Å². The molecule has 0 radical (unpaired) electrons. The second kappa shape index (κ2) is 9.73. The molecular formula is C18H19F3N6O4. The number of carbonyl (C=O) groups is 3. The number of anilines is 1. The third-order valence-corrected chi connectivity index (χ3v) is 3.71. The molecule has 0 atom stereocenters. The molecule has 0 unspecified atom stereocenters. The highest BCUT2D eigenvalue weighted by Crippen LogP contribution is 2.13. The van der Waals surface area contributed by atoms with Crippen molar-refractivity contribution in [3.05, 3.63) is 48.4 Å². The maximum Gasteiger partial charge on any atom is 0.490 e. The monoisotopic (exact) mass is 440 g/mol. The molecule has 0 bridgehead atoms.